The molecule has 0 atom stereocenters. The van der Waals surface area contributed by atoms with E-state index in [-0.39, 0.29) is 5.43 Å². The molecule has 0 spiro atoms. The van der Waals surface area contributed by atoms with Crippen LogP contribution in [-0.4, -0.2) is 0 Å². The van der Waals surface area contributed by atoms with Crippen LogP contribution in [0.1, 0.15) is 0 Å². The Kier molecular flexibility index (Phi) is 5.15. The summed E-state index contributed by atoms with van der Waals surface area (Å²) in [5.41, 5.74) is 0.117. The summed E-state index contributed by atoms with van der Waals surface area (Å²) in [5.74, 6) is 0. The van der Waals surface area contributed by atoms with Crippen LogP contribution in [0.4, 0.5) is 0 Å². The van der Waals surface area contributed by atoms with Crippen LogP contribution in [0.25, 0.3) is 20.2 Å². The largest absolute Gasteiger partial charge is 0.289 e. The van der Waals surface area contributed by atoms with Gasteiger partial charge in [0.1, 0.15) is 0 Å². The second-order valence-corrected chi connectivity index (χ2v) is 9.95. The average Bonchev–Trinajstić information content (AvgIpc) is 2.77. The molecular weight excluding hydrogens is 412 g/mol. The minimum absolute atomic E-state index is 0.117. The van der Waals surface area contributed by atoms with Crippen LogP contribution < -0.4 is 5.43 Å². The quantitative estimate of drug-likeness (QED) is 0.273. The zero-order chi connectivity index (χ0) is 19.6. The average molecular weight is 429 g/mol. The second-order valence-electron chi connectivity index (χ2n) is 6.57. The minimum Gasteiger partial charge on any atom is -0.289 e. The van der Waals surface area contributed by atoms with Gasteiger partial charge in [0.05, 0.1) is 0 Å². The molecule has 140 valence electrons. The minimum atomic E-state index is 0.117. The fraction of sp³-hybridized carbons (Fsp3) is 0. The molecule has 0 saturated carbocycles. The van der Waals surface area contributed by atoms with E-state index in [1.54, 1.807) is 34.9 Å². The van der Waals surface area contributed by atoms with Gasteiger partial charge in [-0.2, -0.15) is 0 Å². The Morgan fingerprint density at radius 3 is 1.83 bits per heavy atom. The fourth-order valence-electron chi connectivity index (χ4n) is 3.18. The van der Waals surface area contributed by atoms with Crippen molar-refractivity contribution in [2.45, 2.75) is 19.6 Å². The molecule has 0 bridgehead atoms. The predicted octanol–water partition coefficient (Wildman–Crippen LogP) is 7.72. The lowest BCUT2D eigenvalue weighted by Crippen LogP contribution is -2.00. The van der Waals surface area contributed by atoms with E-state index in [4.69, 9.17) is 0 Å². The number of hydrogen-bond donors (Lipinski definition) is 0. The smallest absolute Gasteiger partial charge is 0.195 e. The van der Waals surface area contributed by atoms with Gasteiger partial charge in [-0.15, -0.1) is 11.3 Å². The first-order chi connectivity index (χ1) is 14.3. The van der Waals surface area contributed by atoms with Crippen molar-refractivity contribution in [2.24, 2.45) is 0 Å². The summed E-state index contributed by atoms with van der Waals surface area (Å²) in [4.78, 5) is 17.6. The highest BCUT2D eigenvalue weighted by Gasteiger charge is 2.07. The van der Waals surface area contributed by atoms with E-state index in [1.807, 2.05) is 36.4 Å². The fourth-order valence-corrected chi connectivity index (χ4v) is 5.93. The molecule has 0 N–H and O–H groups in total. The third kappa shape index (κ3) is 3.97. The highest BCUT2D eigenvalue weighted by Crippen LogP contribution is 2.34. The first-order valence-corrected chi connectivity index (χ1v) is 11.7. The zero-order valence-electron chi connectivity index (χ0n) is 15.4. The van der Waals surface area contributed by atoms with E-state index in [9.17, 15) is 4.79 Å². The predicted molar refractivity (Wildman–Crippen MR) is 127 cm³/mol. The summed E-state index contributed by atoms with van der Waals surface area (Å²) in [6.45, 7) is 0. The standard InChI is InChI=1S/C25H16OS3/c26-25-21-8-4-5-9-23(21)29-24-15-14-20(16-22(24)25)28-19-12-10-18(11-13-19)27-17-6-2-1-3-7-17/h1-16H. The summed E-state index contributed by atoms with van der Waals surface area (Å²) in [6, 6.07) is 33.0. The van der Waals surface area contributed by atoms with Crippen molar-refractivity contribution in [3.63, 3.8) is 0 Å². The Bertz CT molecular complexity index is 1360. The number of fused-ring (bicyclic) bond motifs is 2. The number of rotatable bonds is 4. The highest BCUT2D eigenvalue weighted by atomic mass is 32.2. The van der Waals surface area contributed by atoms with Gasteiger partial charge in [-0.25, -0.2) is 0 Å². The zero-order valence-corrected chi connectivity index (χ0v) is 17.8. The lowest BCUT2D eigenvalue weighted by molar-refractivity contribution is 1.33. The van der Waals surface area contributed by atoms with Gasteiger partial charge in [0.2, 0.25) is 0 Å². The van der Waals surface area contributed by atoms with Crippen LogP contribution in [0, 0.1) is 0 Å². The molecule has 4 heteroatoms. The molecule has 1 heterocycles. The Balaban J connectivity index is 1.42. The van der Waals surface area contributed by atoms with E-state index >= 15 is 0 Å². The van der Waals surface area contributed by atoms with Gasteiger partial charge < -0.3 is 0 Å². The lowest BCUT2D eigenvalue weighted by Gasteiger charge is -2.06. The summed E-state index contributed by atoms with van der Waals surface area (Å²) in [5, 5.41) is 1.60. The van der Waals surface area contributed by atoms with Crippen LogP contribution in [-0.2, 0) is 0 Å². The molecule has 0 radical (unpaired) electrons. The molecule has 0 amide bonds. The molecule has 0 saturated heterocycles. The van der Waals surface area contributed by atoms with Gasteiger partial charge in [0.15, 0.2) is 5.43 Å². The van der Waals surface area contributed by atoms with Crippen molar-refractivity contribution in [2.75, 3.05) is 0 Å². The second kappa shape index (κ2) is 8.07. The van der Waals surface area contributed by atoms with E-state index < -0.39 is 0 Å². The van der Waals surface area contributed by atoms with E-state index in [1.165, 1.54) is 14.7 Å². The summed E-state index contributed by atoms with van der Waals surface area (Å²) in [7, 11) is 0. The third-order valence-electron chi connectivity index (χ3n) is 4.59. The van der Waals surface area contributed by atoms with Crippen LogP contribution in [0.5, 0.6) is 0 Å². The van der Waals surface area contributed by atoms with E-state index in [0.717, 1.165) is 25.1 Å². The summed E-state index contributed by atoms with van der Waals surface area (Å²) < 4.78 is 2.07. The molecule has 4 aromatic carbocycles. The van der Waals surface area contributed by atoms with E-state index in [0.29, 0.717) is 0 Å². The SMILES string of the molecule is O=c1c2ccccc2sc2ccc(Sc3ccc(Sc4ccccc4)cc3)cc12. The van der Waals surface area contributed by atoms with E-state index in [2.05, 4.69) is 60.7 Å². The van der Waals surface area contributed by atoms with Crippen molar-refractivity contribution in [3.8, 4) is 0 Å². The molecule has 0 aliphatic rings. The van der Waals surface area contributed by atoms with Gasteiger partial charge in [0.25, 0.3) is 0 Å². The Hall–Kier alpha value is -2.53. The molecule has 5 aromatic rings. The van der Waals surface area contributed by atoms with Crippen molar-refractivity contribution >= 4 is 55.0 Å². The van der Waals surface area contributed by atoms with Crippen molar-refractivity contribution in [1.29, 1.82) is 0 Å². The van der Waals surface area contributed by atoms with Crippen LogP contribution >= 0.6 is 34.9 Å². The van der Waals surface area contributed by atoms with Gasteiger partial charge >= 0.3 is 0 Å². The molecule has 0 aliphatic carbocycles. The molecule has 0 aliphatic heterocycles. The van der Waals surface area contributed by atoms with Gasteiger partial charge in [-0.3, -0.25) is 4.79 Å². The van der Waals surface area contributed by atoms with Gasteiger partial charge in [-0.1, -0.05) is 53.9 Å². The van der Waals surface area contributed by atoms with Crippen molar-refractivity contribution in [1.82, 2.24) is 0 Å². The van der Waals surface area contributed by atoms with Gasteiger partial charge in [0, 0.05) is 39.8 Å². The topological polar surface area (TPSA) is 17.1 Å². The van der Waals surface area contributed by atoms with Crippen LogP contribution in [0.15, 0.2) is 121 Å². The number of benzene rings is 4. The maximum Gasteiger partial charge on any atom is 0.195 e. The van der Waals surface area contributed by atoms with Gasteiger partial charge in [-0.05, 0) is 66.7 Å². The summed E-state index contributed by atoms with van der Waals surface area (Å²) in [6.07, 6.45) is 0. The third-order valence-corrected chi connectivity index (χ3v) is 7.75. The molecule has 5 rings (SSSR count). The van der Waals surface area contributed by atoms with Crippen LogP contribution in [0.3, 0.4) is 0 Å². The normalized spacial score (nSPS) is 11.2. The van der Waals surface area contributed by atoms with Crippen LogP contribution in [0.2, 0.25) is 0 Å². The monoisotopic (exact) mass is 428 g/mol. The highest BCUT2D eigenvalue weighted by molar-refractivity contribution is 7.99. The molecule has 29 heavy (non-hydrogen) atoms. The summed E-state index contributed by atoms with van der Waals surface area (Å²) >= 11 is 5.12. The number of hydrogen-bond acceptors (Lipinski definition) is 4. The molecule has 0 fully saturated rings. The van der Waals surface area contributed by atoms with Crippen molar-refractivity contribution < 1.29 is 0 Å². The Labute approximate surface area is 181 Å². The lowest BCUT2D eigenvalue weighted by atomic mass is 10.2. The Morgan fingerprint density at radius 1 is 0.517 bits per heavy atom. The molecule has 1 aromatic heterocycles. The van der Waals surface area contributed by atoms with Crippen molar-refractivity contribution in [3.05, 3.63) is 107 Å². The maximum absolute atomic E-state index is 12.9. The maximum atomic E-state index is 12.9. The molecule has 0 unspecified atom stereocenters. The molecular formula is C25H16OS3. The Morgan fingerprint density at radius 2 is 1.07 bits per heavy atom. The molecule has 1 nitrogen and oxygen atoms in total. The first kappa shape index (κ1) is 18.5. The first-order valence-electron chi connectivity index (χ1n) is 9.23.